The monoisotopic (exact) mass is 442 g/mol. The van der Waals surface area contributed by atoms with E-state index < -0.39 is 0 Å². The molecule has 0 aromatic heterocycles. The Morgan fingerprint density at radius 3 is 2.25 bits per heavy atom. The van der Waals surface area contributed by atoms with E-state index in [0.717, 1.165) is 40.9 Å². The molecule has 0 bridgehead atoms. The molecule has 2 aliphatic rings. The molecule has 3 atom stereocenters. The van der Waals surface area contributed by atoms with Crippen molar-refractivity contribution < 1.29 is 14.3 Å². The highest BCUT2D eigenvalue weighted by molar-refractivity contribution is 9.10. The van der Waals surface area contributed by atoms with Crippen molar-refractivity contribution in [1.82, 2.24) is 4.90 Å². The van der Waals surface area contributed by atoms with Crippen molar-refractivity contribution in [3.8, 4) is 11.5 Å². The number of hydrogen-bond acceptors (Lipinski definition) is 4. The molecule has 0 unspecified atom stereocenters. The summed E-state index contributed by atoms with van der Waals surface area (Å²) in [7, 11) is 0. The van der Waals surface area contributed by atoms with Gasteiger partial charge in [0.05, 0.1) is 18.5 Å². The second kappa shape index (κ2) is 7.95. The summed E-state index contributed by atoms with van der Waals surface area (Å²) in [6.45, 7) is 2.37. The fraction of sp³-hybridized carbons (Fsp3) is 0.364. The number of nitrogens with zero attached hydrogens (tertiary/aromatic N) is 1. The van der Waals surface area contributed by atoms with Crippen LogP contribution in [-0.4, -0.2) is 23.4 Å². The smallest absolute Gasteiger partial charge is 0.234 e. The second-order valence-electron chi connectivity index (χ2n) is 7.65. The van der Waals surface area contributed by atoms with Crippen molar-refractivity contribution >= 4 is 33.4 Å². The second-order valence-corrected chi connectivity index (χ2v) is 8.57. The number of rotatable bonds is 5. The molecule has 5 nitrogen and oxygen atoms in total. The molecule has 28 heavy (non-hydrogen) atoms. The molecule has 0 radical (unpaired) electrons. The normalized spacial score (nSPS) is 24.2. The van der Waals surface area contributed by atoms with Gasteiger partial charge < -0.3 is 10.1 Å². The van der Waals surface area contributed by atoms with Crippen LogP contribution in [0.4, 0.5) is 5.69 Å². The van der Waals surface area contributed by atoms with Crippen molar-refractivity contribution in [3.63, 3.8) is 0 Å². The molecule has 1 saturated heterocycles. The first kappa shape index (κ1) is 19.0. The number of likely N-dealkylation sites (tertiary alicyclic amines) is 1. The van der Waals surface area contributed by atoms with Crippen LogP contribution in [0.5, 0.6) is 11.5 Å². The topological polar surface area (TPSA) is 58.6 Å². The Hall–Kier alpha value is -2.34. The van der Waals surface area contributed by atoms with Gasteiger partial charge in [-0.1, -0.05) is 22.9 Å². The Morgan fingerprint density at radius 2 is 1.57 bits per heavy atom. The van der Waals surface area contributed by atoms with E-state index in [0.29, 0.717) is 5.92 Å². The van der Waals surface area contributed by atoms with Crippen molar-refractivity contribution in [2.24, 2.45) is 17.8 Å². The van der Waals surface area contributed by atoms with Gasteiger partial charge in [0.1, 0.15) is 11.5 Å². The first-order chi connectivity index (χ1) is 13.5. The zero-order valence-corrected chi connectivity index (χ0v) is 17.3. The van der Waals surface area contributed by atoms with Crippen LogP contribution in [0, 0.1) is 17.8 Å². The lowest BCUT2D eigenvalue weighted by Gasteiger charge is -2.25. The molecular formula is C22H23BrN2O3. The van der Waals surface area contributed by atoms with Gasteiger partial charge in [-0.3, -0.25) is 14.5 Å². The lowest BCUT2D eigenvalue weighted by Crippen LogP contribution is -2.35. The number of imide groups is 1. The molecule has 4 rings (SSSR count). The van der Waals surface area contributed by atoms with Crippen LogP contribution in [0.1, 0.15) is 26.2 Å². The van der Waals surface area contributed by atoms with Crippen LogP contribution < -0.4 is 10.1 Å². The first-order valence-electron chi connectivity index (χ1n) is 9.64. The zero-order chi connectivity index (χ0) is 19.7. The van der Waals surface area contributed by atoms with Gasteiger partial charge in [-0.2, -0.15) is 0 Å². The van der Waals surface area contributed by atoms with E-state index in [4.69, 9.17) is 4.74 Å². The maximum absolute atomic E-state index is 12.6. The minimum Gasteiger partial charge on any atom is -0.457 e. The molecule has 1 aliphatic heterocycles. The Balaban J connectivity index is 1.35. The van der Waals surface area contributed by atoms with Gasteiger partial charge in [-0.25, -0.2) is 0 Å². The summed E-state index contributed by atoms with van der Waals surface area (Å²) < 4.78 is 6.81. The predicted molar refractivity (Wildman–Crippen MR) is 111 cm³/mol. The van der Waals surface area contributed by atoms with Crippen molar-refractivity contribution in [2.45, 2.75) is 26.2 Å². The number of halogens is 1. The van der Waals surface area contributed by atoms with Gasteiger partial charge in [0.2, 0.25) is 11.8 Å². The number of ether oxygens (including phenoxy) is 1. The van der Waals surface area contributed by atoms with Gasteiger partial charge >= 0.3 is 0 Å². The van der Waals surface area contributed by atoms with Gasteiger partial charge in [0, 0.05) is 10.2 Å². The third kappa shape index (κ3) is 3.92. The van der Waals surface area contributed by atoms with E-state index in [1.165, 1.54) is 4.90 Å². The standard InChI is InChI=1S/C22H23BrN2O3/c1-14-2-11-19-20(12-14)22(27)25(21(19)26)13-24-16-5-9-18(10-6-16)28-17-7-3-15(23)4-8-17/h3-10,14,19-20,24H,2,11-13H2,1H3/t14-,19+,20-/m1/s1. The average Bonchev–Trinajstić information content (AvgIpc) is 2.93. The van der Waals surface area contributed by atoms with Crippen LogP contribution in [-0.2, 0) is 9.59 Å². The molecule has 2 amide bonds. The molecule has 6 heteroatoms. The van der Waals surface area contributed by atoms with Crippen LogP contribution >= 0.6 is 15.9 Å². The van der Waals surface area contributed by atoms with Gasteiger partial charge in [0.15, 0.2) is 0 Å². The maximum atomic E-state index is 12.6. The molecule has 1 saturated carbocycles. The summed E-state index contributed by atoms with van der Waals surface area (Å²) in [6, 6.07) is 15.1. The van der Waals surface area contributed by atoms with Crippen LogP contribution in [0.3, 0.4) is 0 Å². The quantitative estimate of drug-likeness (QED) is 0.659. The molecule has 0 spiro atoms. The average molecular weight is 443 g/mol. The number of carbonyl (C=O) groups is 2. The summed E-state index contributed by atoms with van der Waals surface area (Å²) in [5.74, 6) is 1.71. The molecule has 2 fully saturated rings. The molecule has 2 aromatic carbocycles. The van der Waals surface area contributed by atoms with Gasteiger partial charge in [-0.15, -0.1) is 0 Å². The number of benzene rings is 2. The number of fused-ring (bicyclic) bond motifs is 1. The van der Waals surface area contributed by atoms with Crippen LogP contribution in [0.25, 0.3) is 0 Å². The Labute approximate surface area is 173 Å². The lowest BCUT2D eigenvalue weighted by molar-refractivity contribution is -0.139. The lowest BCUT2D eigenvalue weighted by atomic mass is 9.76. The molecule has 2 aromatic rings. The Kier molecular flexibility index (Phi) is 5.40. The van der Waals surface area contributed by atoms with Crippen molar-refractivity contribution in [3.05, 3.63) is 53.0 Å². The largest absolute Gasteiger partial charge is 0.457 e. The van der Waals surface area contributed by atoms with E-state index in [1.54, 1.807) is 0 Å². The maximum Gasteiger partial charge on any atom is 0.234 e. The SMILES string of the molecule is C[C@@H]1CC[C@@H]2C(=O)N(CNc3ccc(Oc4ccc(Br)cc4)cc3)C(=O)[C@@H]2C1. The molecule has 146 valence electrons. The zero-order valence-electron chi connectivity index (χ0n) is 15.7. The number of anilines is 1. The number of carbonyl (C=O) groups excluding carboxylic acids is 2. The summed E-state index contributed by atoms with van der Waals surface area (Å²) in [4.78, 5) is 26.6. The highest BCUT2D eigenvalue weighted by atomic mass is 79.9. The van der Waals surface area contributed by atoms with Crippen molar-refractivity contribution in [1.29, 1.82) is 0 Å². The fourth-order valence-electron chi connectivity index (χ4n) is 4.06. The van der Waals surface area contributed by atoms with Crippen LogP contribution in [0.15, 0.2) is 53.0 Å². The Bertz CT molecular complexity index is 866. The first-order valence-corrected chi connectivity index (χ1v) is 10.4. The number of hydrogen-bond donors (Lipinski definition) is 1. The fourth-order valence-corrected chi connectivity index (χ4v) is 4.33. The molecule has 1 heterocycles. The number of nitrogens with one attached hydrogen (secondary N) is 1. The summed E-state index contributed by atoms with van der Waals surface area (Å²) in [5.41, 5.74) is 0.840. The van der Waals surface area contributed by atoms with E-state index >= 15 is 0 Å². The number of amides is 2. The summed E-state index contributed by atoms with van der Waals surface area (Å²) in [6.07, 6.45) is 2.68. The summed E-state index contributed by atoms with van der Waals surface area (Å²) >= 11 is 3.40. The third-order valence-corrected chi connectivity index (χ3v) is 6.15. The minimum atomic E-state index is -0.125. The van der Waals surface area contributed by atoms with Gasteiger partial charge in [0.25, 0.3) is 0 Å². The highest BCUT2D eigenvalue weighted by Crippen LogP contribution is 2.40. The summed E-state index contributed by atoms with van der Waals surface area (Å²) in [5, 5.41) is 3.19. The van der Waals surface area contributed by atoms with Crippen LogP contribution in [0.2, 0.25) is 0 Å². The highest BCUT2D eigenvalue weighted by Gasteiger charge is 2.49. The molecule has 1 N–H and O–H groups in total. The predicted octanol–water partition coefficient (Wildman–Crippen LogP) is 5.03. The van der Waals surface area contributed by atoms with E-state index in [-0.39, 0.29) is 30.3 Å². The molecular weight excluding hydrogens is 420 g/mol. The van der Waals surface area contributed by atoms with E-state index in [9.17, 15) is 9.59 Å². The van der Waals surface area contributed by atoms with E-state index in [2.05, 4.69) is 28.2 Å². The van der Waals surface area contributed by atoms with E-state index in [1.807, 2.05) is 48.5 Å². The minimum absolute atomic E-state index is 0.0235. The Morgan fingerprint density at radius 1 is 0.964 bits per heavy atom. The molecule has 1 aliphatic carbocycles. The third-order valence-electron chi connectivity index (χ3n) is 5.62. The van der Waals surface area contributed by atoms with Gasteiger partial charge in [-0.05, 0) is 73.7 Å². The van der Waals surface area contributed by atoms with Crippen molar-refractivity contribution in [2.75, 3.05) is 12.0 Å².